The third-order valence-electron chi connectivity index (χ3n) is 5.68. The molecule has 19 heavy (non-hydrogen) atoms. The average molecular weight is 270 g/mol. The first-order valence-electron chi connectivity index (χ1n) is 7.72. The summed E-state index contributed by atoms with van der Waals surface area (Å²) in [5.74, 6) is 4.36. The lowest BCUT2D eigenvalue weighted by Gasteiger charge is -2.43. The van der Waals surface area contributed by atoms with E-state index in [1.807, 2.05) is 0 Å². The van der Waals surface area contributed by atoms with Crippen molar-refractivity contribution < 1.29 is 4.43 Å². The summed E-state index contributed by atoms with van der Waals surface area (Å²) < 4.78 is 5.80. The lowest BCUT2D eigenvalue weighted by Crippen LogP contribution is -2.33. The van der Waals surface area contributed by atoms with Crippen LogP contribution in [0, 0.1) is 23.7 Å². The van der Waals surface area contributed by atoms with Crippen LogP contribution in [0.1, 0.15) is 32.1 Å². The van der Waals surface area contributed by atoms with Crippen LogP contribution in [-0.4, -0.2) is 10.5 Å². The molecule has 0 bridgehead atoms. The molecule has 100 valence electrons. The van der Waals surface area contributed by atoms with Gasteiger partial charge in [0.15, 0.2) is 0 Å². The van der Waals surface area contributed by atoms with E-state index in [-0.39, 0.29) is 0 Å². The SMILES string of the molecule is [SiH3]OC1=CC=CC2=CC=C3[C@@H]4CCC[C@H]4CC[C@@H]3[C@H]21. The predicted octanol–water partition coefficient (Wildman–Crippen LogP) is 3.05. The fourth-order valence-electron chi connectivity index (χ4n) is 4.87. The minimum Gasteiger partial charge on any atom is -0.556 e. The average Bonchev–Trinajstić information content (AvgIpc) is 2.94. The van der Waals surface area contributed by atoms with Crippen molar-refractivity contribution in [2.24, 2.45) is 23.7 Å². The summed E-state index contributed by atoms with van der Waals surface area (Å²) in [6.45, 7) is 0. The summed E-state index contributed by atoms with van der Waals surface area (Å²) in [5.41, 5.74) is 3.22. The first-order valence-corrected chi connectivity index (χ1v) is 8.54. The van der Waals surface area contributed by atoms with E-state index in [1.54, 1.807) is 5.57 Å². The van der Waals surface area contributed by atoms with Crippen LogP contribution in [0.2, 0.25) is 0 Å². The summed E-state index contributed by atoms with van der Waals surface area (Å²) in [6.07, 6.45) is 18.6. The van der Waals surface area contributed by atoms with Crippen molar-refractivity contribution in [3.63, 3.8) is 0 Å². The van der Waals surface area contributed by atoms with Gasteiger partial charge in [-0.25, -0.2) is 0 Å². The highest BCUT2D eigenvalue weighted by atomic mass is 28.2. The molecule has 2 fully saturated rings. The molecule has 0 unspecified atom stereocenters. The summed E-state index contributed by atoms with van der Waals surface area (Å²) in [6, 6.07) is 0. The second kappa shape index (κ2) is 4.52. The van der Waals surface area contributed by atoms with Gasteiger partial charge in [-0.05, 0) is 55.1 Å². The van der Waals surface area contributed by atoms with Crippen LogP contribution in [0.25, 0.3) is 0 Å². The van der Waals surface area contributed by atoms with Gasteiger partial charge >= 0.3 is 0 Å². The van der Waals surface area contributed by atoms with Crippen LogP contribution < -0.4 is 0 Å². The van der Waals surface area contributed by atoms with Gasteiger partial charge in [0, 0.05) is 5.92 Å². The van der Waals surface area contributed by atoms with Crippen LogP contribution in [0.3, 0.4) is 0 Å². The molecule has 2 saturated carbocycles. The molecule has 4 atom stereocenters. The van der Waals surface area contributed by atoms with Gasteiger partial charge in [0.2, 0.25) is 10.5 Å². The third-order valence-corrected chi connectivity index (χ3v) is 6.16. The van der Waals surface area contributed by atoms with Crippen LogP contribution in [0.4, 0.5) is 0 Å². The molecule has 0 radical (unpaired) electrons. The van der Waals surface area contributed by atoms with Gasteiger partial charge in [0.25, 0.3) is 0 Å². The Labute approximate surface area is 118 Å². The Bertz CT molecular complexity index is 511. The van der Waals surface area contributed by atoms with Crippen molar-refractivity contribution in [1.82, 2.24) is 0 Å². The van der Waals surface area contributed by atoms with Crippen molar-refractivity contribution in [1.29, 1.82) is 0 Å². The Hall–Kier alpha value is -1.02. The normalized spacial score (nSPS) is 39.7. The minimum absolute atomic E-state index is 0.532. The molecule has 0 amide bonds. The molecule has 0 aromatic carbocycles. The molecular weight excluding hydrogens is 248 g/mol. The van der Waals surface area contributed by atoms with Crippen LogP contribution in [-0.2, 0) is 4.43 Å². The Morgan fingerprint density at radius 3 is 2.84 bits per heavy atom. The van der Waals surface area contributed by atoms with Gasteiger partial charge in [0.1, 0.15) is 0 Å². The first-order chi connectivity index (χ1) is 9.38. The van der Waals surface area contributed by atoms with Crippen molar-refractivity contribution in [3.05, 3.63) is 47.3 Å². The van der Waals surface area contributed by atoms with Gasteiger partial charge in [-0.2, -0.15) is 0 Å². The van der Waals surface area contributed by atoms with Crippen molar-refractivity contribution in [2.45, 2.75) is 32.1 Å². The molecule has 4 aliphatic carbocycles. The smallest absolute Gasteiger partial charge is 0.203 e. The van der Waals surface area contributed by atoms with Crippen LogP contribution in [0.5, 0.6) is 0 Å². The molecule has 0 aromatic rings. The van der Waals surface area contributed by atoms with Gasteiger partial charge in [0.05, 0.1) is 5.76 Å². The van der Waals surface area contributed by atoms with Gasteiger partial charge in [-0.3, -0.25) is 0 Å². The highest BCUT2D eigenvalue weighted by molar-refractivity contribution is 5.98. The van der Waals surface area contributed by atoms with Gasteiger partial charge in [-0.15, -0.1) is 0 Å². The number of rotatable bonds is 1. The maximum absolute atomic E-state index is 5.80. The monoisotopic (exact) mass is 270 g/mol. The third kappa shape index (κ3) is 1.73. The standard InChI is InChI=1S/C17H22OSi/c19-18-16-6-2-4-12-8-9-14-13-5-1-3-11(13)7-10-15(14)17(12)16/h2,4,6,8-9,11,13,15,17H,1,3,5,7,10H2,19H3/t11-,13+,15-,17-/m0/s1. The topological polar surface area (TPSA) is 9.23 Å². The zero-order valence-electron chi connectivity index (χ0n) is 11.6. The largest absolute Gasteiger partial charge is 0.556 e. The van der Waals surface area contributed by atoms with E-state index in [0.29, 0.717) is 5.92 Å². The molecule has 0 heterocycles. The van der Waals surface area contributed by atoms with Crippen molar-refractivity contribution >= 4 is 10.5 Å². The lowest BCUT2D eigenvalue weighted by molar-refractivity contribution is 0.235. The van der Waals surface area contributed by atoms with E-state index in [0.717, 1.165) is 28.2 Å². The first kappa shape index (κ1) is 11.8. The Kier molecular flexibility index (Phi) is 2.80. The molecule has 4 rings (SSSR count). The second-order valence-electron chi connectivity index (χ2n) is 6.42. The highest BCUT2D eigenvalue weighted by Gasteiger charge is 2.43. The van der Waals surface area contributed by atoms with Crippen LogP contribution in [0.15, 0.2) is 47.3 Å². The summed E-state index contributed by atoms with van der Waals surface area (Å²) in [5, 5.41) is 0. The number of hydrogen-bond acceptors (Lipinski definition) is 1. The summed E-state index contributed by atoms with van der Waals surface area (Å²) >= 11 is 0. The summed E-state index contributed by atoms with van der Waals surface area (Å²) in [7, 11) is 0.802. The molecule has 1 nitrogen and oxygen atoms in total. The minimum atomic E-state index is 0.532. The maximum Gasteiger partial charge on any atom is 0.203 e. The Balaban J connectivity index is 1.74. The summed E-state index contributed by atoms with van der Waals surface area (Å²) in [4.78, 5) is 0. The Morgan fingerprint density at radius 2 is 1.95 bits per heavy atom. The fourth-order valence-corrected chi connectivity index (χ4v) is 5.26. The second-order valence-corrected chi connectivity index (χ2v) is 6.83. The molecule has 0 spiro atoms. The van der Waals surface area contributed by atoms with Crippen molar-refractivity contribution in [2.75, 3.05) is 0 Å². The van der Waals surface area contributed by atoms with E-state index in [9.17, 15) is 0 Å². The van der Waals surface area contributed by atoms with Crippen molar-refractivity contribution in [3.8, 4) is 0 Å². The molecule has 4 aliphatic rings. The van der Waals surface area contributed by atoms with Gasteiger partial charge in [-0.1, -0.05) is 36.3 Å². The predicted molar refractivity (Wildman–Crippen MR) is 81.5 cm³/mol. The fraction of sp³-hybridized carbons (Fsp3) is 0.529. The Morgan fingerprint density at radius 1 is 1.00 bits per heavy atom. The van der Waals surface area contributed by atoms with Gasteiger partial charge < -0.3 is 4.43 Å². The number of fused-ring (bicyclic) bond motifs is 5. The number of allylic oxidation sites excluding steroid dienone is 7. The quantitative estimate of drug-likeness (QED) is 0.666. The van der Waals surface area contributed by atoms with E-state index in [1.165, 1.54) is 43.4 Å². The number of hydrogen-bond donors (Lipinski definition) is 0. The molecule has 0 N–H and O–H groups in total. The molecule has 0 aliphatic heterocycles. The molecule has 2 heteroatoms. The van der Waals surface area contributed by atoms with Crippen LogP contribution >= 0.6 is 0 Å². The molecular formula is C17H22OSi. The lowest BCUT2D eigenvalue weighted by atomic mass is 9.63. The van der Waals surface area contributed by atoms with E-state index < -0.39 is 0 Å². The molecule has 0 aromatic heterocycles. The maximum atomic E-state index is 5.80. The van der Waals surface area contributed by atoms with E-state index >= 15 is 0 Å². The molecule has 0 saturated heterocycles. The zero-order valence-corrected chi connectivity index (χ0v) is 13.6. The highest BCUT2D eigenvalue weighted by Crippen LogP contribution is 2.53. The zero-order chi connectivity index (χ0) is 12.8. The van der Waals surface area contributed by atoms with E-state index in [2.05, 4.69) is 30.4 Å². The van der Waals surface area contributed by atoms with E-state index in [4.69, 9.17) is 4.43 Å².